The van der Waals surface area contributed by atoms with Crippen molar-refractivity contribution in [3.8, 4) is 0 Å². The van der Waals surface area contributed by atoms with Crippen LogP contribution in [-0.4, -0.2) is 51.0 Å². The third-order valence-corrected chi connectivity index (χ3v) is 6.54. The van der Waals surface area contributed by atoms with Crippen molar-refractivity contribution in [2.75, 3.05) is 35.5 Å². The van der Waals surface area contributed by atoms with Gasteiger partial charge in [0.2, 0.25) is 10.0 Å². The second-order valence-corrected chi connectivity index (χ2v) is 9.37. The van der Waals surface area contributed by atoms with E-state index in [-0.39, 0.29) is 11.8 Å². The number of nitrogens with one attached hydrogen (secondary N) is 1. The van der Waals surface area contributed by atoms with E-state index in [1.54, 1.807) is 42.5 Å². The average molecular weight is 413 g/mol. The highest BCUT2D eigenvalue weighted by atomic mass is 32.2. The Morgan fingerprint density at radius 2 is 1.72 bits per heavy atom. The number of nitrogens with zero attached hydrogens (tertiary/aromatic N) is 2. The summed E-state index contributed by atoms with van der Waals surface area (Å²) in [6, 6.07) is 12.0. The van der Waals surface area contributed by atoms with Gasteiger partial charge in [-0.3, -0.25) is 13.9 Å². The number of benzene rings is 2. The fourth-order valence-corrected chi connectivity index (χ4v) is 4.85. The van der Waals surface area contributed by atoms with Crippen molar-refractivity contribution in [2.24, 2.45) is 0 Å². The molecule has 2 aromatic carbocycles. The third kappa shape index (κ3) is 3.98. The van der Waals surface area contributed by atoms with E-state index < -0.39 is 10.0 Å². The van der Waals surface area contributed by atoms with Gasteiger partial charge in [0.1, 0.15) is 0 Å². The standard InChI is InChI=1S/C21H23N3O4S/c1-29(27,28)24-12-9-15-13-16(7-8-19(15)24)20(25)22-18-6-4-5-17(14-18)21(26)23-10-2-3-11-23/h4-8,13-14H,2-3,9-12H2,1H3,(H,22,25). The van der Waals surface area contributed by atoms with Crippen LogP contribution < -0.4 is 9.62 Å². The molecule has 152 valence electrons. The van der Waals surface area contributed by atoms with Crippen LogP contribution in [0.5, 0.6) is 0 Å². The zero-order valence-corrected chi connectivity index (χ0v) is 17.0. The fraction of sp³-hybridized carbons (Fsp3) is 0.333. The van der Waals surface area contributed by atoms with Gasteiger partial charge in [-0.15, -0.1) is 0 Å². The van der Waals surface area contributed by atoms with Crippen molar-refractivity contribution in [1.82, 2.24) is 4.90 Å². The van der Waals surface area contributed by atoms with Gasteiger partial charge in [0.05, 0.1) is 11.9 Å². The van der Waals surface area contributed by atoms with Crippen LogP contribution in [0.4, 0.5) is 11.4 Å². The van der Waals surface area contributed by atoms with E-state index >= 15 is 0 Å². The molecule has 0 aromatic heterocycles. The van der Waals surface area contributed by atoms with E-state index in [1.165, 1.54) is 10.6 Å². The van der Waals surface area contributed by atoms with Crippen LogP contribution in [0.1, 0.15) is 39.1 Å². The molecule has 29 heavy (non-hydrogen) atoms. The molecule has 2 heterocycles. The van der Waals surface area contributed by atoms with Crippen LogP contribution in [0.15, 0.2) is 42.5 Å². The molecule has 0 spiro atoms. The molecule has 1 fully saturated rings. The summed E-state index contributed by atoms with van der Waals surface area (Å²) in [7, 11) is -3.32. The Bertz CT molecular complexity index is 1080. The van der Waals surface area contributed by atoms with Crippen molar-refractivity contribution in [3.05, 3.63) is 59.2 Å². The van der Waals surface area contributed by atoms with E-state index in [0.29, 0.717) is 35.5 Å². The smallest absolute Gasteiger partial charge is 0.255 e. The summed E-state index contributed by atoms with van der Waals surface area (Å²) < 4.78 is 25.1. The summed E-state index contributed by atoms with van der Waals surface area (Å²) in [5.74, 6) is -0.312. The van der Waals surface area contributed by atoms with Crippen LogP contribution in [0, 0.1) is 0 Å². The monoisotopic (exact) mass is 413 g/mol. The van der Waals surface area contributed by atoms with Gasteiger partial charge < -0.3 is 10.2 Å². The quantitative estimate of drug-likeness (QED) is 0.834. The maximum atomic E-state index is 12.7. The first-order valence-electron chi connectivity index (χ1n) is 9.64. The first kappa shape index (κ1) is 19.4. The molecule has 2 aliphatic heterocycles. The molecule has 0 radical (unpaired) electrons. The molecule has 2 amide bonds. The second kappa shape index (κ2) is 7.51. The van der Waals surface area contributed by atoms with Crippen LogP contribution in [0.25, 0.3) is 0 Å². The molecule has 1 N–H and O–H groups in total. The van der Waals surface area contributed by atoms with Gasteiger partial charge >= 0.3 is 0 Å². The highest BCUT2D eigenvalue weighted by Crippen LogP contribution is 2.31. The zero-order chi connectivity index (χ0) is 20.6. The summed E-state index contributed by atoms with van der Waals surface area (Å²) in [4.78, 5) is 27.1. The molecule has 1 saturated heterocycles. The number of anilines is 2. The topological polar surface area (TPSA) is 86.8 Å². The molecule has 7 nitrogen and oxygen atoms in total. The maximum Gasteiger partial charge on any atom is 0.255 e. The third-order valence-electron chi connectivity index (χ3n) is 5.36. The Morgan fingerprint density at radius 3 is 2.45 bits per heavy atom. The van der Waals surface area contributed by atoms with E-state index in [2.05, 4.69) is 5.32 Å². The second-order valence-electron chi connectivity index (χ2n) is 7.46. The van der Waals surface area contributed by atoms with Crippen molar-refractivity contribution in [1.29, 1.82) is 0 Å². The maximum absolute atomic E-state index is 12.7. The van der Waals surface area contributed by atoms with Gasteiger partial charge in [0.15, 0.2) is 0 Å². The van der Waals surface area contributed by atoms with Gasteiger partial charge in [-0.25, -0.2) is 8.42 Å². The first-order valence-corrected chi connectivity index (χ1v) is 11.5. The zero-order valence-electron chi connectivity index (χ0n) is 16.2. The minimum atomic E-state index is -3.32. The summed E-state index contributed by atoms with van der Waals surface area (Å²) in [6.07, 6.45) is 3.80. The Labute approximate surface area is 170 Å². The Morgan fingerprint density at radius 1 is 0.966 bits per heavy atom. The molecule has 2 aromatic rings. The Balaban J connectivity index is 1.50. The van der Waals surface area contributed by atoms with Crippen molar-refractivity contribution >= 4 is 33.2 Å². The number of rotatable bonds is 4. The lowest BCUT2D eigenvalue weighted by atomic mass is 10.1. The number of hydrogen-bond acceptors (Lipinski definition) is 4. The van der Waals surface area contributed by atoms with Crippen LogP contribution in [-0.2, 0) is 16.4 Å². The van der Waals surface area contributed by atoms with Gasteiger partial charge in [-0.1, -0.05) is 6.07 Å². The summed E-state index contributed by atoms with van der Waals surface area (Å²) in [6.45, 7) is 1.93. The number of fused-ring (bicyclic) bond motifs is 1. The fourth-order valence-electron chi connectivity index (χ4n) is 3.89. The molecule has 8 heteroatoms. The summed E-state index contributed by atoms with van der Waals surface area (Å²) in [5.41, 5.74) is 3.03. The van der Waals surface area contributed by atoms with Crippen LogP contribution in [0.2, 0.25) is 0 Å². The molecule has 0 saturated carbocycles. The van der Waals surface area contributed by atoms with E-state index in [4.69, 9.17) is 0 Å². The highest BCUT2D eigenvalue weighted by molar-refractivity contribution is 7.92. The van der Waals surface area contributed by atoms with Crippen molar-refractivity contribution in [3.63, 3.8) is 0 Å². The molecule has 0 bridgehead atoms. The minimum Gasteiger partial charge on any atom is -0.339 e. The first-order chi connectivity index (χ1) is 13.8. The summed E-state index contributed by atoms with van der Waals surface area (Å²) >= 11 is 0. The van der Waals surface area contributed by atoms with Gasteiger partial charge in [0, 0.05) is 36.4 Å². The lowest BCUT2D eigenvalue weighted by Gasteiger charge is -2.17. The molecule has 0 aliphatic carbocycles. The van der Waals surface area contributed by atoms with Crippen LogP contribution >= 0.6 is 0 Å². The number of sulfonamides is 1. The van der Waals surface area contributed by atoms with E-state index in [0.717, 1.165) is 31.5 Å². The number of hydrogen-bond donors (Lipinski definition) is 1. The largest absolute Gasteiger partial charge is 0.339 e. The average Bonchev–Trinajstić information content (AvgIpc) is 3.36. The Hall–Kier alpha value is -2.87. The molecule has 0 unspecified atom stereocenters. The minimum absolute atomic E-state index is 0.0167. The number of amides is 2. The van der Waals surface area contributed by atoms with Crippen LogP contribution in [0.3, 0.4) is 0 Å². The number of carbonyl (C=O) groups excluding carboxylic acids is 2. The SMILES string of the molecule is CS(=O)(=O)N1CCc2cc(C(=O)Nc3cccc(C(=O)N4CCCC4)c3)ccc21. The van der Waals surface area contributed by atoms with Gasteiger partial charge in [-0.05, 0) is 61.2 Å². The molecule has 0 atom stereocenters. The lowest BCUT2D eigenvalue weighted by Crippen LogP contribution is -2.27. The molecule has 4 rings (SSSR count). The predicted octanol–water partition coefficient (Wildman–Crippen LogP) is 2.50. The molecule has 2 aliphatic rings. The number of carbonyl (C=O) groups is 2. The van der Waals surface area contributed by atoms with Gasteiger partial charge in [-0.2, -0.15) is 0 Å². The Kier molecular flexibility index (Phi) is 5.04. The number of likely N-dealkylation sites (tertiary alicyclic amines) is 1. The van der Waals surface area contributed by atoms with Crippen molar-refractivity contribution in [2.45, 2.75) is 19.3 Å². The highest BCUT2D eigenvalue weighted by Gasteiger charge is 2.27. The predicted molar refractivity (Wildman–Crippen MR) is 112 cm³/mol. The van der Waals surface area contributed by atoms with Crippen molar-refractivity contribution < 1.29 is 18.0 Å². The summed E-state index contributed by atoms with van der Waals surface area (Å²) in [5, 5.41) is 2.84. The lowest BCUT2D eigenvalue weighted by molar-refractivity contribution is 0.0792. The molecular formula is C21H23N3O4S. The van der Waals surface area contributed by atoms with E-state index in [1.807, 2.05) is 4.90 Å². The van der Waals surface area contributed by atoms with E-state index in [9.17, 15) is 18.0 Å². The van der Waals surface area contributed by atoms with Gasteiger partial charge in [0.25, 0.3) is 11.8 Å². The normalized spacial score (nSPS) is 16.0. The molecular weight excluding hydrogens is 390 g/mol.